The van der Waals surface area contributed by atoms with Crippen molar-refractivity contribution in [2.45, 2.75) is 45.7 Å². The number of nitrogens with zero attached hydrogens (tertiary/aromatic N) is 3. The van der Waals surface area contributed by atoms with Gasteiger partial charge in [-0.1, -0.05) is 31.5 Å². The van der Waals surface area contributed by atoms with Crippen molar-refractivity contribution in [3.63, 3.8) is 0 Å². The molecule has 7 heteroatoms. The lowest BCUT2D eigenvalue weighted by Crippen LogP contribution is -2.53. The van der Waals surface area contributed by atoms with Crippen LogP contribution in [0.4, 0.5) is 4.39 Å². The molecular weight excluding hydrogens is 355 g/mol. The third kappa shape index (κ3) is 2.91. The van der Waals surface area contributed by atoms with Gasteiger partial charge in [-0.2, -0.15) is 0 Å². The van der Waals surface area contributed by atoms with Gasteiger partial charge < -0.3 is 15.2 Å². The summed E-state index contributed by atoms with van der Waals surface area (Å²) in [5.41, 5.74) is 7.44. The minimum absolute atomic E-state index is 0.0313. The Morgan fingerprint density at radius 3 is 2.65 bits per heavy atom. The Balaban J connectivity index is 2.19. The van der Waals surface area contributed by atoms with Crippen LogP contribution in [0.2, 0.25) is 5.02 Å². The largest absolute Gasteiger partial charge is 0.327 e. The summed E-state index contributed by atoms with van der Waals surface area (Å²) in [5.74, 6) is 0.413. The Bertz CT molecular complexity index is 859. The highest BCUT2D eigenvalue weighted by Gasteiger charge is 2.41. The van der Waals surface area contributed by atoms with Crippen LogP contribution in [0, 0.1) is 5.82 Å². The molecule has 0 spiro atoms. The zero-order valence-electron chi connectivity index (χ0n) is 15.5. The van der Waals surface area contributed by atoms with E-state index in [1.54, 1.807) is 17.0 Å². The van der Waals surface area contributed by atoms with Crippen LogP contribution in [0.15, 0.2) is 18.2 Å². The van der Waals surface area contributed by atoms with E-state index in [4.69, 9.17) is 22.3 Å². The van der Waals surface area contributed by atoms with Gasteiger partial charge in [0.15, 0.2) is 0 Å². The van der Waals surface area contributed by atoms with Crippen LogP contribution in [0.25, 0.3) is 11.3 Å². The van der Waals surface area contributed by atoms with E-state index < -0.39 is 11.4 Å². The van der Waals surface area contributed by atoms with Gasteiger partial charge in [-0.15, -0.1) is 0 Å². The average molecular weight is 379 g/mol. The van der Waals surface area contributed by atoms with Crippen LogP contribution in [-0.2, 0) is 16.9 Å². The molecule has 0 saturated heterocycles. The normalized spacial score (nSPS) is 16.1. The van der Waals surface area contributed by atoms with E-state index in [0.717, 1.165) is 17.2 Å². The standard InChI is InChI=1S/C19H24ClFN4O/c1-11(2)17-16(12-5-6-13(20)14(21)9-12)23-18-19(3,4)25(15(26)10-22)8-7-24(17)18/h5-6,9,11H,7-8,10,22H2,1-4H3. The zero-order valence-corrected chi connectivity index (χ0v) is 16.3. The van der Waals surface area contributed by atoms with E-state index in [9.17, 15) is 9.18 Å². The summed E-state index contributed by atoms with van der Waals surface area (Å²) in [7, 11) is 0. The second kappa shape index (κ2) is 6.67. The molecule has 0 unspecified atom stereocenters. The summed E-state index contributed by atoms with van der Waals surface area (Å²) in [6, 6.07) is 4.74. The third-order valence-corrected chi connectivity index (χ3v) is 5.30. The third-order valence-electron chi connectivity index (χ3n) is 4.99. The van der Waals surface area contributed by atoms with Gasteiger partial charge in [0, 0.05) is 24.3 Å². The molecule has 0 aliphatic carbocycles. The van der Waals surface area contributed by atoms with Crippen molar-refractivity contribution in [2.75, 3.05) is 13.1 Å². The lowest BCUT2D eigenvalue weighted by Gasteiger charge is -2.42. The average Bonchev–Trinajstić information content (AvgIpc) is 2.98. The van der Waals surface area contributed by atoms with Gasteiger partial charge in [0.2, 0.25) is 5.91 Å². The monoisotopic (exact) mass is 378 g/mol. The highest BCUT2D eigenvalue weighted by molar-refractivity contribution is 6.30. The Morgan fingerprint density at radius 1 is 1.38 bits per heavy atom. The lowest BCUT2D eigenvalue weighted by molar-refractivity contribution is -0.137. The van der Waals surface area contributed by atoms with Crippen LogP contribution in [-0.4, -0.2) is 33.4 Å². The summed E-state index contributed by atoms with van der Waals surface area (Å²) in [4.78, 5) is 18.9. The highest BCUT2D eigenvalue weighted by Crippen LogP contribution is 2.38. The fraction of sp³-hybridized carbons (Fsp3) is 0.474. The van der Waals surface area contributed by atoms with Crippen LogP contribution in [0.5, 0.6) is 0 Å². The Labute approximate surface area is 158 Å². The first-order valence-corrected chi connectivity index (χ1v) is 9.13. The van der Waals surface area contributed by atoms with E-state index in [0.29, 0.717) is 18.7 Å². The molecule has 140 valence electrons. The van der Waals surface area contributed by atoms with Crippen LogP contribution in [0.3, 0.4) is 0 Å². The predicted octanol–water partition coefficient (Wildman–Crippen LogP) is 3.50. The van der Waals surface area contributed by atoms with Gasteiger partial charge in [0.05, 0.1) is 22.8 Å². The summed E-state index contributed by atoms with van der Waals surface area (Å²) in [5, 5.41) is 0.0869. The fourth-order valence-electron chi connectivity index (χ4n) is 3.75. The molecular formula is C19H24ClFN4O. The van der Waals surface area contributed by atoms with Crippen LogP contribution in [0.1, 0.15) is 45.1 Å². The van der Waals surface area contributed by atoms with Crippen molar-refractivity contribution >= 4 is 17.5 Å². The molecule has 1 aliphatic rings. The van der Waals surface area contributed by atoms with Gasteiger partial charge in [0.1, 0.15) is 11.6 Å². The van der Waals surface area contributed by atoms with Gasteiger partial charge >= 0.3 is 0 Å². The number of carbonyl (C=O) groups excluding carboxylic acids is 1. The summed E-state index contributed by atoms with van der Waals surface area (Å²) < 4.78 is 16.2. The van der Waals surface area contributed by atoms with Gasteiger partial charge in [-0.25, -0.2) is 9.37 Å². The molecule has 0 radical (unpaired) electrons. The van der Waals surface area contributed by atoms with E-state index in [1.807, 2.05) is 13.8 Å². The molecule has 1 aromatic heterocycles. The molecule has 0 bridgehead atoms. The molecule has 26 heavy (non-hydrogen) atoms. The number of fused-ring (bicyclic) bond motifs is 1. The van der Waals surface area contributed by atoms with Gasteiger partial charge in [-0.3, -0.25) is 4.79 Å². The number of carbonyl (C=O) groups is 1. The van der Waals surface area contributed by atoms with E-state index in [-0.39, 0.29) is 23.4 Å². The van der Waals surface area contributed by atoms with E-state index in [2.05, 4.69) is 18.4 Å². The quantitative estimate of drug-likeness (QED) is 0.888. The molecule has 2 aromatic rings. The van der Waals surface area contributed by atoms with Crippen molar-refractivity contribution in [1.82, 2.24) is 14.5 Å². The first kappa shape index (κ1) is 18.9. The molecule has 1 aliphatic heterocycles. The maximum absolute atomic E-state index is 14.0. The molecule has 0 fully saturated rings. The zero-order chi connectivity index (χ0) is 19.2. The Hall–Kier alpha value is -1.92. The molecule has 0 atom stereocenters. The summed E-state index contributed by atoms with van der Waals surface area (Å²) >= 11 is 5.83. The number of amides is 1. The molecule has 1 aromatic carbocycles. The number of imidazole rings is 1. The predicted molar refractivity (Wildman–Crippen MR) is 101 cm³/mol. The van der Waals surface area contributed by atoms with Crippen LogP contribution < -0.4 is 5.73 Å². The summed E-state index contributed by atoms with van der Waals surface area (Å²) in [6.45, 7) is 9.29. The molecule has 3 rings (SSSR count). The summed E-state index contributed by atoms with van der Waals surface area (Å²) in [6.07, 6.45) is 0. The number of hydrogen-bond acceptors (Lipinski definition) is 3. The number of rotatable bonds is 3. The molecule has 2 heterocycles. The van der Waals surface area contributed by atoms with Crippen molar-refractivity contribution < 1.29 is 9.18 Å². The number of aromatic nitrogens is 2. The smallest absolute Gasteiger partial charge is 0.237 e. The van der Waals surface area contributed by atoms with Crippen molar-refractivity contribution in [1.29, 1.82) is 0 Å². The van der Waals surface area contributed by atoms with Crippen LogP contribution >= 0.6 is 11.6 Å². The minimum atomic E-state index is -0.596. The van der Waals surface area contributed by atoms with Crippen molar-refractivity contribution in [3.8, 4) is 11.3 Å². The lowest BCUT2D eigenvalue weighted by atomic mass is 9.98. The van der Waals surface area contributed by atoms with Gasteiger partial charge in [-0.05, 0) is 31.9 Å². The topological polar surface area (TPSA) is 64.2 Å². The number of benzene rings is 1. The molecule has 1 amide bonds. The SMILES string of the molecule is CC(C)c1c(-c2ccc(Cl)c(F)c2)nc2n1CCN(C(=O)CN)C2(C)C. The van der Waals surface area contributed by atoms with Gasteiger partial charge in [0.25, 0.3) is 0 Å². The Morgan fingerprint density at radius 2 is 2.08 bits per heavy atom. The first-order valence-electron chi connectivity index (χ1n) is 8.75. The second-order valence-corrected chi connectivity index (χ2v) is 7.82. The maximum atomic E-state index is 14.0. The first-order chi connectivity index (χ1) is 12.2. The molecule has 2 N–H and O–H groups in total. The minimum Gasteiger partial charge on any atom is -0.327 e. The van der Waals surface area contributed by atoms with Crippen molar-refractivity contribution in [2.24, 2.45) is 5.73 Å². The van der Waals surface area contributed by atoms with Crippen molar-refractivity contribution in [3.05, 3.63) is 40.6 Å². The molecule has 0 saturated carbocycles. The number of nitrogens with two attached hydrogens (primary N) is 1. The number of hydrogen-bond donors (Lipinski definition) is 1. The number of halogens is 2. The maximum Gasteiger partial charge on any atom is 0.237 e. The molecule has 5 nitrogen and oxygen atoms in total. The van der Waals surface area contributed by atoms with E-state index >= 15 is 0 Å². The Kier molecular flexibility index (Phi) is 4.84. The fourth-order valence-corrected chi connectivity index (χ4v) is 3.86. The highest BCUT2D eigenvalue weighted by atomic mass is 35.5. The van der Waals surface area contributed by atoms with E-state index in [1.165, 1.54) is 6.07 Å². The second-order valence-electron chi connectivity index (χ2n) is 7.41.